The summed E-state index contributed by atoms with van der Waals surface area (Å²) in [7, 11) is 0. The van der Waals surface area contributed by atoms with Gasteiger partial charge in [0, 0.05) is 6.54 Å². The third-order valence-electron chi connectivity index (χ3n) is 1.81. The summed E-state index contributed by atoms with van der Waals surface area (Å²) in [5.74, 6) is -0.578. The Bertz CT molecular complexity index is 336. The largest absolute Gasteiger partial charge is 0.491 e. The molecule has 0 unspecified atom stereocenters. The molecule has 0 saturated heterocycles. The maximum atomic E-state index is 10.8. The number of aromatic carboxylic acids is 1. The van der Waals surface area contributed by atoms with Crippen LogP contribution >= 0.6 is 0 Å². The van der Waals surface area contributed by atoms with Crippen molar-refractivity contribution in [2.75, 3.05) is 13.2 Å². The topological polar surface area (TPSA) is 72.5 Å². The number of benzene rings is 1. The third-order valence-corrected chi connectivity index (χ3v) is 1.81. The Morgan fingerprint density at radius 3 is 2.86 bits per heavy atom. The van der Waals surface area contributed by atoms with E-state index in [9.17, 15) is 4.79 Å². The molecule has 0 atom stereocenters. The number of carbonyl (C=O) groups is 1. The second kappa shape index (κ2) is 4.62. The normalized spacial score (nSPS) is 9.86. The van der Waals surface area contributed by atoms with Gasteiger partial charge in [-0.3, -0.25) is 0 Å². The monoisotopic (exact) mass is 195 g/mol. The molecule has 0 aromatic heterocycles. The van der Waals surface area contributed by atoms with Crippen LogP contribution in [0.4, 0.5) is 0 Å². The van der Waals surface area contributed by atoms with Crippen LogP contribution in [0.25, 0.3) is 0 Å². The van der Waals surface area contributed by atoms with E-state index in [0.717, 1.165) is 5.56 Å². The van der Waals surface area contributed by atoms with E-state index in [1.165, 1.54) is 6.07 Å². The molecule has 0 spiro atoms. The van der Waals surface area contributed by atoms with Crippen LogP contribution in [-0.2, 0) is 0 Å². The fraction of sp³-hybridized carbons (Fsp3) is 0.300. The van der Waals surface area contributed by atoms with Gasteiger partial charge in [0.15, 0.2) is 0 Å². The van der Waals surface area contributed by atoms with Crippen molar-refractivity contribution < 1.29 is 14.6 Å². The van der Waals surface area contributed by atoms with E-state index in [4.69, 9.17) is 15.6 Å². The molecular formula is C10H13NO3. The predicted molar refractivity (Wildman–Crippen MR) is 52.7 cm³/mol. The molecule has 4 heteroatoms. The van der Waals surface area contributed by atoms with Gasteiger partial charge in [0.1, 0.15) is 17.9 Å². The molecule has 0 aliphatic heterocycles. The van der Waals surface area contributed by atoms with Crippen molar-refractivity contribution >= 4 is 5.97 Å². The molecule has 0 fully saturated rings. The fourth-order valence-corrected chi connectivity index (χ4v) is 1.17. The van der Waals surface area contributed by atoms with Gasteiger partial charge >= 0.3 is 5.97 Å². The maximum Gasteiger partial charge on any atom is 0.339 e. The molecule has 0 heterocycles. The second-order valence-corrected chi connectivity index (χ2v) is 2.89. The van der Waals surface area contributed by atoms with Gasteiger partial charge in [0.05, 0.1) is 0 Å². The first-order valence-electron chi connectivity index (χ1n) is 4.32. The summed E-state index contributed by atoms with van der Waals surface area (Å²) in [4.78, 5) is 10.8. The first kappa shape index (κ1) is 10.5. The van der Waals surface area contributed by atoms with Crippen LogP contribution in [-0.4, -0.2) is 24.2 Å². The van der Waals surface area contributed by atoms with Crippen LogP contribution < -0.4 is 10.5 Å². The Balaban J connectivity index is 3.02. The lowest BCUT2D eigenvalue weighted by Crippen LogP contribution is -2.13. The van der Waals surface area contributed by atoms with Gasteiger partial charge in [-0.1, -0.05) is 12.1 Å². The first-order chi connectivity index (χ1) is 6.66. The summed E-state index contributed by atoms with van der Waals surface area (Å²) in [6.45, 7) is 2.50. The van der Waals surface area contributed by atoms with Gasteiger partial charge in [-0.25, -0.2) is 4.79 Å². The molecule has 4 nitrogen and oxygen atoms in total. The molecular weight excluding hydrogens is 182 g/mol. The predicted octanol–water partition coefficient (Wildman–Crippen LogP) is 1.03. The smallest absolute Gasteiger partial charge is 0.339 e. The summed E-state index contributed by atoms with van der Waals surface area (Å²) in [5, 5.41) is 8.88. The average molecular weight is 195 g/mol. The summed E-state index contributed by atoms with van der Waals surface area (Å²) in [6, 6.07) is 5.01. The van der Waals surface area contributed by atoms with Crippen molar-refractivity contribution in [3.63, 3.8) is 0 Å². The minimum Gasteiger partial charge on any atom is -0.491 e. The zero-order chi connectivity index (χ0) is 10.6. The molecule has 1 rings (SSSR count). The summed E-state index contributed by atoms with van der Waals surface area (Å²) >= 11 is 0. The van der Waals surface area contributed by atoms with Crippen LogP contribution in [0.5, 0.6) is 5.75 Å². The Kier molecular flexibility index (Phi) is 3.48. The minimum atomic E-state index is -0.985. The highest BCUT2D eigenvalue weighted by Gasteiger charge is 2.12. The summed E-state index contributed by atoms with van der Waals surface area (Å²) < 4.78 is 5.27. The van der Waals surface area contributed by atoms with E-state index in [2.05, 4.69) is 0 Å². The van der Waals surface area contributed by atoms with E-state index in [-0.39, 0.29) is 5.56 Å². The fourth-order valence-electron chi connectivity index (χ4n) is 1.17. The van der Waals surface area contributed by atoms with E-state index in [1.807, 2.05) is 0 Å². The number of ether oxygens (including phenoxy) is 1. The molecule has 0 radical (unpaired) electrons. The molecule has 76 valence electrons. The van der Waals surface area contributed by atoms with Gasteiger partial charge in [0.2, 0.25) is 0 Å². The van der Waals surface area contributed by atoms with Crippen LogP contribution in [0.15, 0.2) is 18.2 Å². The van der Waals surface area contributed by atoms with Crippen molar-refractivity contribution in [1.82, 2.24) is 0 Å². The molecule has 1 aromatic rings. The maximum absolute atomic E-state index is 10.8. The van der Waals surface area contributed by atoms with Gasteiger partial charge < -0.3 is 15.6 Å². The standard InChI is InChI=1S/C10H13NO3/c1-7-3-2-4-8(10(12)13)9(7)14-6-5-11/h2-4H,5-6,11H2,1H3,(H,12,13). The van der Waals surface area contributed by atoms with Crippen molar-refractivity contribution in [2.45, 2.75) is 6.92 Å². The summed E-state index contributed by atoms with van der Waals surface area (Å²) in [5.41, 5.74) is 6.26. The van der Waals surface area contributed by atoms with Gasteiger partial charge in [-0.15, -0.1) is 0 Å². The number of para-hydroxylation sites is 1. The average Bonchev–Trinajstić information content (AvgIpc) is 2.15. The zero-order valence-electron chi connectivity index (χ0n) is 7.99. The number of hydrogen-bond acceptors (Lipinski definition) is 3. The Morgan fingerprint density at radius 1 is 1.57 bits per heavy atom. The molecule has 3 N–H and O–H groups in total. The second-order valence-electron chi connectivity index (χ2n) is 2.89. The number of carboxylic acid groups (broad SMARTS) is 1. The van der Waals surface area contributed by atoms with Crippen molar-refractivity contribution in [3.8, 4) is 5.75 Å². The highest BCUT2D eigenvalue weighted by atomic mass is 16.5. The highest BCUT2D eigenvalue weighted by molar-refractivity contribution is 5.91. The van der Waals surface area contributed by atoms with Crippen LogP contribution in [0, 0.1) is 6.92 Å². The number of nitrogens with two attached hydrogens (primary N) is 1. The van der Waals surface area contributed by atoms with Gasteiger partial charge in [0.25, 0.3) is 0 Å². The van der Waals surface area contributed by atoms with Crippen molar-refractivity contribution in [1.29, 1.82) is 0 Å². The highest BCUT2D eigenvalue weighted by Crippen LogP contribution is 2.23. The van der Waals surface area contributed by atoms with Gasteiger partial charge in [-0.2, -0.15) is 0 Å². The van der Waals surface area contributed by atoms with Crippen LogP contribution in [0.1, 0.15) is 15.9 Å². The summed E-state index contributed by atoms with van der Waals surface area (Å²) in [6.07, 6.45) is 0. The van der Waals surface area contributed by atoms with Crippen LogP contribution in [0.2, 0.25) is 0 Å². The number of aryl methyl sites for hydroxylation is 1. The molecule has 0 amide bonds. The lowest BCUT2D eigenvalue weighted by molar-refractivity contribution is 0.0692. The van der Waals surface area contributed by atoms with Crippen molar-refractivity contribution in [3.05, 3.63) is 29.3 Å². The Labute approximate surface area is 82.3 Å². The minimum absolute atomic E-state index is 0.179. The lowest BCUT2D eigenvalue weighted by Gasteiger charge is -2.10. The number of carboxylic acids is 1. The van der Waals surface area contributed by atoms with E-state index in [0.29, 0.717) is 18.9 Å². The number of hydrogen-bond donors (Lipinski definition) is 2. The van der Waals surface area contributed by atoms with E-state index in [1.54, 1.807) is 19.1 Å². The van der Waals surface area contributed by atoms with Crippen molar-refractivity contribution in [2.24, 2.45) is 5.73 Å². The Hall–Kier alpha value is -1.55. The Morgan fingerprint density at radius 2 is 2.29 bits per heavy atom. The lowest BCUT2D eigenvalue weighted by atomic mass is 10.1. The zero-order valence-corrected chi connectivity index (χ0v) is 7.99. The SMILES string of the molecule is Cc1cccc(C(=O)O)c1OCCN. The van der Waals surface area contributed by atoms with Gasteiger partial charge in [-0.05, 0) is 18.6 Å². The molecule has 14 heavy (non-hydrogen) atoms. The van der Waals surface area contributed by atoms with E-state index >= 15 is 0 Å². The van der Waals surface area contributed by atoms with E-state index < -0.39 is 5.97 Å². The third kappa shape index (κ3) is 2.23. The number of rotatable bonds is 4. The molecule has 0 aliphatic rings. The molecule has 0 saturated carbocycles. The molecule has 0 aliphatic carbocycles. The molecule has 0 bridgehead atoms. The first-order valence-corrected chi connectivity index (χ1v) is 4.32. The van der Waals surface area contributed by atoms with Crippen LogP contribution in [0.3, 0.4) is 0 Å². The quantitative estimate of drug-likeness (QED) is 0.752. The molecule has 1 aromatic carbocycles.